The third-order valence-electron chi connectivity index (χ3n) is 8.16. The number of hydrogen-bond acceptors (Lipinski definition) is 4. The quantitative estimate of drug-likeness (QED) is 0.320. The summed E-state index contributed by atoms with van der Waals surface area (Å²) in [6.45, 7) is 6.50. The van der Waals surface area contributed by atoms with E-state index >= 15 is 4.39 Å². The monoisotopic (exact) mass is 560 g/mol. The zero-order chi connectivity index (χ0) is 28.8. The van der Waals surface area contributed by atoms with Crippen molar-refractivity contribution in [3.05, 3.63) is 76.5 Å². The zero-order valence-electron chi connectivity index (χ0n) is 22.8. The van der Waals surface area contributed by atoms with Crippen molar-refractivity contribution >= 4 is 5.69 Å². The van der Waals surface area contributed by atoms with Crippen LogP contribution in [0.2, 0.25) is 0 Å². The fraction of sp³-hybridized carbons (Fsp3) is 0.452. The van der Waals surface area contributed by atoms with Gasteiger partial charge in [0.25, 0.3) is 0 Å². The Morgan fingerprint density at radius 1 is 0.950 bits per heavy atom. The van der Waals surface area contributed by atoms with Gasteiger partial charge in [-0.25, -0.2) is 13.8 Å². The molecular formula is C31H33F5N2O2. The second kappa shape index (κ2) is 10.7. The summed E-state index contributed by atoms with van der Waals surface area (Å²) in [4.78, 5) is 6.20. The Morgan fingerprint density at radius 3 is 2.30 bits per heavy atom. The number of pyridine rings is 1. The Hall–Kier alpha value is -3.20. The van der Waals surface area contributed by atoms with E-state index in [-0.39, 0.29) is 29.5 Å². The van der Waals surface area contributed by atoms with E-state index in [2.05, 4.69) is 11.9 Å². The van der Waals surface area contributed by atoms with Gasteiger partial charge in [-0.15, -0.1) is 0 Å². The lowest BCUT2D eigenvalue weighted by Gasteiger charge is -2.38. The van der Waals surface area contributed by atoms with Crippen LogP contribution in [0, 0.1) is 23.5 Å². The van der Waals surface area contributed by atoms with E-state index < -0.39 is 34.5 Å². The smallest absolute Gasteiger partial charge is 0.417 e. The minimum atomic E-state index is -4.89. The van der Waals surface area contributed by atoms with Crippen molar-refractivity contribution < 1.29 is 31.8 Å². The molecule has 0 saturated carbocycles. The summed E-state index contributed by atoms with van der Waals surface area (Å²) < 4.78 is 77.7. The number of aliphatic hydroxyl groups is 1. The molecule has 3 aromatic rings. The van der Waals surface area contributed by atoms with Crippen molar-refractivity contribution in [1.82, 2.24) is 4.98 Å². The average Bonchev–Trinajstić information content (AvgIpc) is 3.26. The largest absolute Gasteiger partial charge is 0.473 e. The minimum absolute atomic E-state index is 0.109. The topological polar surface area (TPSA) is 45.6 Å². The number of fused-ring (bicyclic) bond motifs is 1. The Morgan fingerprint density at radius 2 is 1.65 bits per heavy atom. The van der Waals surface area contributed by atoms with Crippen LogP contribution in [-0.4, -0.2) is 28.8 Å². The number of alkyl halides is 3. The second-order valence-corrected chi connectivity index (χ2v) is 11.7. The molecule has 1 saturated heterocycles. The second-order valence-electron chi connectivity index (χ2n) is 11.7. The van der Waals surface area contributed by atoms with Gasteiger partial charge in [0.1, 0.15) is 18.2 Å². The number of anilines is 1. The number of piperidine rings is 1. The first-order valence-electron chi connectivity index (χ1n) is 13.6. The van der Waals surface area contributed by atoms with Gasteiger partial charge >= 0.3 is 6.18 Å². The van der Waals surface area contributed by atoms with E-state index in [9.17, 15) is 22.7 Å². The standard InChI is InChI=1S/C31H33F5N2O2/c1-18-10-19-13-29(37-16-20(19)11-18)40-17-21-12-25(26(15-27(21)32)31(34,35)36)24-5-4-23(14-28(24)33)38-8-6-22(7-9-38)30(2,3)39/h4-5,12-16,18,22,39H,6-11,17H2,1-3H3. The summed E-state index contributed by atoms with van der Waals surface area (Å²) in [6, 6.07) is 7.31. The molecule has 2 aromatic carbocycles. The molecule has 2 aliphatic rings. The van der Waals surface area contributed by atoms with Crippen LogP contribution in [0.1, 0.15) is 55.9 Å². The lowest BCUT2D eigenvalue weighted by molar-refractivity contribution is -0.137. The number of halogens is 5. The molecule has 1 N–H and O–H groups in total. The van der Waals surface area contributed by atoms with E-state index in [1.807, 2.05) is 4.90 Å². The van der Waals surface area contributed by atoms with Crippen LogP contribution >= 0.6 is 0 Å². The normalized spacial score (nSPS) is 18.2. The Kier molecular flexibility index (Phi) is 7.54. The summed E-state index contributed by atoms with van der Waals surface area (Å²) in [5.41, 5.74) is -0.144. The van der Waals surface area contributed by atoms with Crippen molar-refractivity contribution in [2.24, 2.45) is 11.8 Å². The van der Waals surface area contributed by atoms with Crippen molar-refractivity contribution in [3.8, 4) is 17.0 Å². The van der Waals surface area contributed by atoms with Gasteiger partial charge in [0.2, 0.25) is 5.88 Å². The molecule has 1 unspecified atom stereocenters. The molecule has 1 atom stereocenters. The summed E-state index contributed by atoms with van der Waals surface area (Å²) in [5, 5.41) is 10.3. The van der Waals surface area contributed by atoms with Crippen LogP contribution < -0.4 is 9.64 Å². The van der Waals surface area contributed by atoms with E-state index in [0.29, 0.717) is 43.6 Å². The predicted molar refractivity (Wildman–Crippen MR) is 143 cm³/mol. The number of benzene rings is 2. The first kappa shape index (κ1) is 28.3. The van der Waals surface area contributed by atoms with Crippen molar-refractivity contribution in [1.29, 1.82) is 0 Å². The summed E-state index contributed by atoms with van der Waals surface area (Å²) in [5.74, 6) is -1.06. The van der Waals surface area contributed by atoms with Crippen molar-refractivity contribution in [3.63, 3.8) is 0 Å². The summed E-state index contributed by atoms with van der Waals surface area (Å²) in [6.07, 6.45) is 0.0441. The van der Waals surface area contributed by atoms with Crippen molar-refractivity contribution in [2.45, 2.75) is 64.8 Å². The molecule has 4 nitrogen and oxygen atoms in total. The molecule has 0 spiro atoms. The Labute approximate surface area is 230 Å². The fourth-order valence-electron chi connectivity index (χ4n) is 5.88. The first-order valence-corrected chi connectivity index (χ1v) is 13.6. The highest BCUT2D eigenvalue weighted by Gasteiger charge is 2.36. The van der Waals surface area contributed by atoms with Gasteiger partial charge in [0, 0.05) is 42.2 Å². The van der Waals surface area contributed by atoms with Gasteiger partial charge in [-0.05, 0) is 98.4 Å². The molecule has 1 aromatic heterocycles. The SMILES string of the molecule is CC1Cc2cnc(OCc3cc(-c4ccc(N5CCC(C(C)(C)O)CC5)cc4F)c(C(F)(F)F)cc3F)cc2C1. The summed E-state index contributed by atoms with van der Waals surface area (Å²) >= 11 is 0. The van der Waals surface area contributed by atoms with Gasteiger partial charge in [-0.1, -0.05) is 6.92 Å². The van der Waals surface area contributed by atoms with E-state index in [4.69, 9.17) is 4.74 Å². The number of rotatable bonds is 6. The third kappa shape index (κ3) is 5.94. The van der Waals surface area contributed by atoms with Crippen LogP contribution in [0.4, 0.5) is 27.6 Å². The third-order valence-corrected chi connectivity index (χ3v) is 8.16. The molecule has 5 rings (SSSR count). The molecule has 1 aliphatic heterocycles. The molecule has 9 heteroatoms. The van der Waals surface area contributed by atoms with Crippen LogP contribution in [-0.2, 0) is 25.6 Å². The van der Waals surface area contributed by atoms with Gasteiger partial charge < -0.3 is 14.7 Å². The summed E-state index contributed by atoms with van der Waals surface area (Å²) in [7, 11) is 0. The van der Waals surface area contributed by atoms with E-state index in [0.717, 1.165) is 30.0 Å². The molecule has 214 valence electrons. The predicted octanol–water partition coefficient (Wildman–Crippen LogP) is 7.35. The maximum Gasteiger partial charge on any atom is 0.417 e. The zero-order valence-corrected chi connectivity index (χ0v) is 22.8. The average molecular weight is 561 g/mol. The van der Waals surface area contributed by atoms with Gasteiger partial charge in [0.15, 0.2) is 0 Å². The molecule has 1 fully saturated rings. The highest BCUT2D eigenvalue weighted by molar-refractivity contribution is 5.72. The lowest BCUT2D eigenvalue weighted by Crippen LogP contribution is -2.41. The van der Waals surface area contributed by atoms with Crippen LogP contribution in [0.3, 0.4) is 0 Å². The minimum Gasteiger partial charge on any atom is -0.473 e. The highest BCUT2D eigenvalue weighted by Crippen LogP contribution is 2.41. The van der Waals surface area contributed by atoms with Crippen molar-refractivity contribution in [2.75, 3.05) is 18.0 Å². The lowest BCUT2D eigenvalue weighted by atomic mass is 9.83. The number of aromatic nitrogens is 1. The van der Waals surface area contributed by atoms with Gasteiger partial charge in [-0.2, -0.15) is 13.2 Å². The fourth-order valence-corrected chi connectivity index (χ4v) is 5.88. The van der Waals surface area contributed by atoms with Crippen LogP contribution in [0.25, 0.3) is 11.1 Å². The number of ether oxygens (including phenoxy) is 1. The molecule has 40 heavy (non-hydrogen) atoms. The number of hydrogen-bond donors (Lipinski definition) is 1. The molecule has 0 radical (unpaired) electrons. The molecular weight excluding hydrogens is 527 g/mol. The Bertz CT molecular complexity index is 1390. The molecule has 1 aliphatic carbocycles. The molecule has 0 amide bonds. The van der Waals surface area contributed by atoms with Gasteiger partial charge in [-0.3, -0.25) is 0 Å². The Balaban J connectivity index is 1.40. The van der Waals surface area contributed by atoms with Crippen LogP contribution in [0.5, 0.6) is 5.88 Å². The molecule has 0 bridgehead atoms. The highest BCUT2D eigenvalue weighted by atomic mass is 19.4. The van der Waals surface area contributed by atoms with Gasteiger partial charge in [0.05, 0.1) is 11.2 Å². The van der Waals surface area contributed by atoms with E-state index in [1.165, 1.54) is 12.1 Å². The maximum atomic E-state index is 15.4. The van der Waals surface area contributed by atoms with E-state index in [1.54, 1.807) is 32.2 Å². The first-order chi connectivity index (χ1) is 18.8. The molecule has 2 heterocycles. The maximum absolute atomic E-state index is 15.4. The van der Waals surface area contributed by atoms with Crippen LogP contribution in [0.15, 0.2) is 42.6 Å². The number of nitrogens with zero attached hydrogens (tertiary/aromatic N) is 2.